The van der Waals surface area contributed by atoms with Crippen LogP contribution in [0.4, 0.5) is 5.69 Å². The zero-order chi connectivity index (χ0) is 12.3. The van der Waals surface area contributed by atoms with Crippen LogP contribution >= 0.6 is 11.6 Å². The predicted molar refractivity (Wildman–Crippen MR) is 64.3 cm³/mol. The molecule has 0 aliphatic heterocycles. The van der Waals surface area contributed by atoms with Crippen LogP contribution in [0.2, 0.25) is 5.15 Å². The molecule has 0 fully saturated rings. The first-order valence-electron chi connectivity index (χ1n) is 5.15. The maximum Gasteiger partial charge on any atom is 0.339 e. The van der Waals surface area contributed by atoms with Gasteiger partial charge in [0.15, 0.2) is 0 Å². The summed E-state index contributed by atoms with van der Waals surface area (Å²) in [6, 6.07) is 1.69. The lowest BCUT2D eigenvalue weighted by molar-refractivity contribution is 0.0696. The third kappa shape index (κ3) is 2.85. The molecule has 1 aromatic heterocycles. The number of rotatable bonds is 4. The van der Waals surface area contributed by atoms with Crippen LogP contribution in [0.3, 0.4) is 0 Å². The maximum atomic E-state index is 11.2. The third-order valence-corrected chi connectivity index (χ3v) is 2.25. The minimum absolute atomic E-state index is 0.140. The Balaban J connectivity index is 3.32. The highest BCUT2D eigenvalue weighted by Crippen LogP contribution is 2.23. The van der Waals surface area contributed by atoms with Gasteiger partial charge in [0.25, 0.3) is 0 Å². The molecule has 0 saturated carbocycles. The summed E-state index contributed by atoms with van der Waals surface area (Å²) in [5, 5.41) is 12.5. The number of pyridine rings is 1. The van der Waals surface area contributed by atoms with Crippen LogP contribution in [0, 0.1) is 0 Å². The summed E-state index contributed by atoms with van der Waals surface area (Å²) in [6.45, 7) is 5.72. The van der Waals surface area contributed by atoms with E-state index in [-0.39, 0.29) is 11.6 Å². The second kappa shape index (κ2) is 5.16. The Labute approximate surface area is 99.6 Å². The Kier molecular flexibility index (Phi) is 4.12. The standard InChI is InChI=1S/C11H15ClN2O2/c1-4-7-10(11(15)16)8(13-6(2)3)5-9(12)14-7/h5-6H,4H2,1-3H3,(H,13,14)(H,15,16). The zero-order valence-electron chi connectivity index (χ0n) is 9.54. The molecule has 88 valence electrons. The van der Waals surface area contributed by atoms with Gasteiger partial charge in [-0.15, -0.1) is 0 Å². The van der Waals surface area contributed by atoms with Crippen molar-refractivity contribution in [3.63, 3.8) is 0 Å². The van der Waals surface area contributed by atoms with Gasteiger partial charge in [-0.3, -0.25) is 0 Å². The van der Waals surface area contributed by atoms with Gasteiger partial charge in [0, 0.05) is 6.04 Å². The second-order valence-electron chi connectivity index (χ2n) is 3.77. The van der Waals surface area contributed by atoms with Crippen LogP contribution in [0.15, 0.2) is 6.07 Å². The largest absolute Gasteiger partial charge is 0.478 e. The zero-order valence-corrected chi connectivity index (χ0v) is 10.3. The van der Waals surface area contributed by atoms with Crippen LogP contribution < -0.4 is 5.32 Å². The molecule has 0 amide bonds. The first-order valence-corrected chi connectivity index (χ1v) is 5.52. The van der Waals surface area contributed by atoms with Gasteiger partial charge < -0.3 is 10.4 Å². The average molecular weight is 243 g/mol. The molecule has 1 heterocycles. The number of carboxylic acids is 1. The molecular formula is C11H15ClN2O2. The summed E-state index contributed by atoms with van der Waals surface area (Å²) in [4.78, 5) is 15.2. The van der Waals surface area contributed by atoms with Gasteiger partial charge in [0.1, 0.15) is 10.7 Å². The summed E-state index contributed by atoms with van der Waals surface area (Å²) < 4.78 is 0. The van der Waals surface area contributed by atoms with Crippen molar-refractivity contribution < 1.29 is 9.90 Å². The third-order valence-electron chi connectivity index (χ3n) is 2.06. The lowest BCUT2D eigenvalue weighted by Gasteiger charge is -2.15. The topological polar surface area (TPSA) is 62.2 Å². The van der Waals surface area contributed by atoms with E-state index in [0.29, 0.717) is 23.0 Å². The smallest absolute Gasteiger partial charge is 0.339 e. The van der Waals surface area contributed by atoms with Crippen molar-refractivity contribution in [2.75, 3.05) is 5.32 Å². The number of hydrogen-bond acceptors (Lipinski definition) is 3. The molecule has 1 rings (SSSR count). The van der Waals surface area contributed by atoms with Crippen molar-refractivity contribution in [3.8, 4) is 0 Å². The second-order valence-corrected chi connectivity index (χ2v) is 4.16. The maximum absolute atomic E-state index is 11.2. The van der Waals surface area contributed by atoms with E-state index in [1.165, 1.54) is 0 Å². The Morgan fingerprint density at radius 1 is 1.62 bits per heavy atom. The Morgan fingerprint density at radius 3 is 2.69 bits per heavy atom. The van der Waals surface area contributed by atoms with Crippen molar-refractivity contribution in [1.82, 2.24) is 4.98 Å². The number of aromatic carboxylic acids is 1. The van der Waals surface area contributed by atoms with Crippen molar-refractivity contribution in [3.05, 3.63) is 22.5 Å². The van der Waals surface area contributed by atoms with E-state index in [2.05, 4.69) is 10.3 Å². The van der Waals surface area contributed by atoms with E-state index in [4.69, 9.17) is 16.7 Å². The lowest BCUT2D eigenvalue weighted by Crippen LogP contribution is -2.16. The van der Waals surface area contributed by atoms with Gasteiger partial charge in [0.2, 0.25) is 0 Å². The monoisotopic (exact) mass is 242 g/mol. The van der Waals surface area contributed by atoms with Crippen molar-refractivity contribution >= 4 is 23.3 Å². The van der Waals surface area contributed by atoms with Gasteiger partial charge in [-0.05, 0) is 26.3 Å². The van der Waals surface area contributed by atoms with Gasteiger partial charge >= 0.3 is 5.97 Å². The minimum Gasteiger partial charge on any atom is -0.478 e. The molecule has 0 saturated heterocycles. The van der Waals surface area contributed by atoms with Crippen molar-refractivity contribution in [1.29, 1.82) is 0 Å². The van der Waals surface area contributed by atoms with Gasteiger partial charge in [-0.1, -0.05) is 18.5 Å². The number of aromatic nitrogens is 1. The number of nitrogens with zero attached hydrogens (tertiary/aromatic N) is 1. The first-order chi connectivity index (χ1) is 7.45. The quantitative estimate of drug-likeness (QED) is 0.797. The van der Waals surface area contributed by atoms with E-state index < -0.39 is 5.97 Å². The van der Waals surface area contributed by atoms with Gasteiger partial charge in [-0.25, -0.2) is 9.78 Å². The fourth-order valence-corrected chi connectivity index (χ4v) is 1.69. The molecule has 16 heavy (non-hydrogen) atoms. The molecule has 0 radical (unpaired) electrons. The summed E-state index contributed by atoms with van der Waals surface area (Å²) in [6.07, 6.45) is 0.537. The normalized spacial score (nSPS) is 10.6. The van der Waals surface area contributed by atoms with Gasteiger partial charge in [-0.2, -0.15) is 0 Å². The van der Waals surface area contributed by atoms with Crippen LogP contribution in [-0.2, 0) is 6.42 Å². The molecule has 0 atom stereocenters. The Morgan fingerprint density at radius 2 is 2.25 bits per heavy atom. The fraction of sp³-hybridized carbons (Fsp3) is 0.455. The molecule has 0 aliphatic rings. The Bertz CT molecular complexity index is 405. The highest BCUT2D eigenvalue weighted by molar-refractivity contribution is 6.29. The summed E-state index contributed by atoms with van der Waals surface area (Å²) in [7, 11) is 0. The number of nitrogens with one attached hydrogen (secondary N) is 1. The molecule has 0 spiro atoms. The van der Waals surface area contributed by atoms with Crippen molar-refractivity contribution in [2.45, 2.75) is 33.2 Å². The molecule has 0 bridgehead atoms. The molecule has 0 aliphatic carbocycles. The fourth-order valence-electron chi connectivity index (χ4n) is 1.48. The molecule has 5 heteroatoms. The van der Waals surface area contributed by atoms with Crippen molar-refractivity contribution in [2.24, 2.45) is 0 Å². The molecular weight excluding hydrogens is 228 g/mol. The molecule has 1 aromatic rings. The van der Waals surface area contributed by atoms with E-state index in [1.807, 2.05) is 20.8 Å². The van der Waals surface area contributed by atoms with Crippen LogP contribution in [0.25, 0.3) is 0 Å². The minimum atomic E-state index is -0.982. The summed E-state index contributed by atoms with van der Waals surface area (Å²) in [5.41, 5.74) is 1.24. The SMILES string of the molecule is CCc1nc(Cl)cc(NC(C)C)c1C(=O)O. The van der Waals surface area contributed by atoms with Crippen LogP contribution in [-0.4, -0.2) is 22.1 Å². The van der Waals surface area contributed by atoms with Gasteiger partial charge in [0.05, 0.1) is 11.4 Å². The number of aryl methyl sites for hydroxylation is 1. The molecule has 0 unspecified atom stereocenters. The Hall–Kier alpha value is -1.29. The van der Waals surface area contributed by atoms with E-state index in [0.717, 1.165) is 0 Å². The average Bonchev–Trinajstić information content (AvgIpc) is 2.14. The first kappa shape index (κ1) is 12.8. The lowest BCUT2D eigenvalue weighted by atomic mass is 10.1. The van der Waals surface area contributed by atoms with E-state index >= 15 is 0 Å². The predicted octanol–water partition coefficient (Wildman–Crippen LogP) is 2.82. The number of anilines is 1. The summed E-state index contributed by atoms with van der Waals surface area (Å²) in [5.74, 6) is -0.982. The van der Waals surface area contributed by atoms with E-state index in [9.17, 15) is 4.79 Å². The molecule has 2 N–H and O–H groups in total. The number of carbonyl (C=O) groups is 1. The summed E-state index contributed by atoms with van der Waals surface area (Å²) >= 11 is 5.84. The van der Waals surface area contributed by atoms with Crippen LogP contribution in [0.5, 0.6) is 0 Å². The highest BCUT2D eigenvalue weighted by atomic mass is 35.5. The number of hydrogen-bond donors (Lipinski definition) is 2. The van der Waals surface area contributed by atoms with E-state index in [1.54, 1.807) is 6.07 Å². The molecule has 4 nitrogen and oxygen atoms in total. The molecule has 0 aromatic carbocycles. The number of carboxylic acid groups (broad SMARTS) is 1. The highest BCUT2D eigenvalue weighted by Gasteiger charge is 2.17. The number of halogens is 1. The van der Waals surface area contributed by atoms with Crippen LogP contribution in [0.1, 0.15) is 36.8 Å².